The van der Waals surface area contributed by atoms with Crippen LogP contribution in [0, 0.1) is 5.41 Å². The average molecular weight is 286 g/mol. The van der Waals surface area contributed by atoms with Crippen molar-refractivity contribution in [3.63, 3.8) is 0 Å². The van der Waals surface area contributed by atoms with Crippen molar-refractivity contribution in [2.24, 2.45) is 5.41 Å². The van der Waals surface area contributed by atoms with Gasteiger partial charge in [-0.2, -0.15) is 13.2 Å². The van der Waals surface area contributed by atoms with E-state index in [2.05, 4.69) is 16.3 Å². The number of amides is 1. The first-order valence-corrected chi connectivity index (χ1v) is 5.88. The molecule has 1 aromatic rings. The third-order valence-corrected chi connectivity index (χ3v) is 3.05. The summed E-state index contributed by atoms with van der Waals surface area (Å²) in [6, 6.07) is 0.838. The predicted octanol–water partition coefficient (Wildman–Crippen LogP) is 2.74. The van der Waals surface area contributed by atoms with E-state index in [0.717, 1.165) is 6.07 Å². The Morgan fingerprint density at radius 3 is 2.70 bits per heavy atom. The lowest BCUT2D eigenvalue weighted by Crippen LogP contribution is -2.55. The van der Waals surface area contributed by atoms with Gasteiger partial charge < -0.3 is 9.42 Å². The third-order valence-electron chi connectivity index (χ3n) is 3.05. The molecule has 1 amide bonds. The first-order valence-electron chi connectivity index (χ1n) is 5.88. The molecule has 0 N–H and O–H groups in total. The summed E-state index contributed by atoms with van der Waals surface area (Å²) in [6.07, 6.45) is -0.102. The van der Waals surface area contributed by atoms with Gasteiger partial charge in [0.05, 0.1) is 0 Å². The number of carbonyl (C=O) groups is 1. The molecule has 1 aliphatic heterocycles. The number of nitrogens with zero attached hydrogens (tertiary/aromatic N) is 2. The molecule has 2 rings (SSSR count). The molecule has 0 saturated carbocycles. The number of halogens is 3. The molecule has 20 heavy (non-hydrogen) atoms. The van der Waals surface area contributed by atoms with Crippen molar-refractivity contribution in [1.29, 1.82) is 0 Å². The molecule has 0 radical (unpaired) electrons. The molecule has 1 aliphatic rings. The van der Waals surface area contributed by atoms with Gasteiger partial charge in [0.1, 0.15) is 5.69 Å². The zero-order valence-electron chi connectivity index (χ0n) is 10.8. The van der Waals surface area contributed by atoms with E-state index in [9.17, 15) is 18.0 Å². The van der Waals surface area contributed by atoms with Gasteiger partial charge in [-0.05, 0) is 12.2 Å². The lowest BCUT2D eigenvalue weighted by molar-refractivity contribution is -0.155. The Hall–Kier alpha value is -2.05. The maximum Gasteiger partial charge on any atom is 0.452 e. The van der Waals surface area contributed by atoms with E-state index in [-0.39, 0.29) is 17.0 Å². The van der Waals surface area contributed by atoms with E-state index in [1.54, 1.807) is 11.0 Å². The van der Waals surface area contributed by atoms with Crippen LogP contribution in [-0.4, -0.2) is 29.1 Å². The topological polar surface area (TPSA) is 46.3 Å². The maximum absolute atomic E-state index is 12.3. The number of alkyl halides is 3. The van der Waals surface area contributed by atoms with Crippen molar-refractivity contribution in [2.75, 3.05) is 13.1 Å². The monoisotopic (exact) mass is 286 g/mol. The van der Waals surface area contributed by atoms with Crippen LogP contribution in [0.3, 0.4) is 0 Å². The summed E-state index contributed by atoms with van der Waals surface area (Å²) in [7, 11) is 0. The zero-order chi connectivity index (χ0) is 15.0. The molecular weight excluding hydrogens is 273 g/mol. The van der Waals surface area contributed by atoms with Crippen LogP contribution < -0.4 is 0 Å². The van der Waals surface area contributed by atoms with Gasteiger partial charge in [0, 0.05) is 24.6 Å². The first kappa shape index (κ1) is 14.4. The highest BCUT2D eigenvalue weighted by Gasteiger charge is 2.39. The molecule has 0 aliphatic carbocycles. The van der Waals surface area contributed by atoms with Crippen LogP contribution in [0.25, 0.3) is 6.08 Å². The Bertz CT molecular complexity index is 554. The molecule has 1 fully saturated rings. The van der Waals surface area contributed by atoms with Crippen molar-refractivity contribution in [1.82, 2.24) is 10.1 Å². The Kier molecular flexibility index (Phi) is 3.45. The third kappa shape index (κ3) is 2.92. The van der Waals surface area contributed by atoms with Crippen LogP contribution in [0.1, 0.15) is 18.4 Å². The molecule has 2 heterocycles. The van der Waals surface area contributed by atoms with Gasteiger partial charge in [0.15, 0.2) is 0 Å². The fourth-order valence-corrected chi connectivity index (χ4v) is 2.00. The molecule has 0 atom stereocenters. The van der Waals surface area contributed by atoms with Gasteiger partial charge >= 0.3 is 6.18 Å². The average Bonchev–Trinajstić information content (AvgIpc) is 2.80. The fourth-order valence-electron chi connectivity index (χ4n) is 2.00. The van der Waals surface area contributed by atoms with Gasteiger partial charge in [0.25, 0.3) is 0 Å². The second kappa shape index (κ2) is 4.81. The van der Waals surface area contributed by atoms with Crippen molar-refractivity contribution in [3.05, 3.63) is 36.3 Å². The van der Waals surface area contributed by atoms with E-state index in [4.69, 9.17) is 0 Å². The summed E-state index contributed by atoms with van der Waals surface area (Å²) >= 11 is 0. The number of hydrogen-bond donors (Lipinski definition) is 0. The van der Waals surface area contributed by atoms with Crippen LogP contribution in [0.4, 0.5) is 13.2 Å². The van der Waals surface area contributed by atoms with Gasteiger partial charge in [0.2, 0.25) is 11.7 Å². The van der Waals surface area contributed by atoms with E-state index in [1.165, 1.54) is 12.2 Å². The van der Waals surface area contributed by atoms with Gasteiger partial charge in [-0.25, -0.2) is 0 Å². The van der Waals surface area contributed by atoms with Crippen LogP contribution in [0.5, 0.6) is 0 Å². The smallest absolute Gasteiger partial charge is 0.351 e. The summed E-state index contributed by atoms with van der Waals surface area (Å²) in [5, 5.41) is 3.34. The van der Waals surface area contributed by atoms with Crippen molar-refractivity contribution >= 4 is 12.0 Å². The number of hydrogen-bond acceptors (Lipinski definition) is 3. The maximum atomic E-state index is 12.3. The largest absolute Gasteiger partial charge is 0.452 e. The highest BCUT2D eigenvalue weighted by Crippen LogP contribution is 2.33. The summed E-state index contributed by atoms with van der Waals surface area (Å²) < 4.78 is 41.2. The van der Waals surface area contributed by atoms with E-state index in [0.29, 0.717) is 13.1 Å². The SMILES string of the molecule is C=CC(=O)N1CC(C)(C=Cc2cc(C(F)(F)F)on2)C1. The number of rotatable bonds is 3. The Morgan fingerprint density at radius 1 is 1.55 bits per heavy atom. The Labute approximate surface area is 113 Å². The molecule has 4 nitrogen and oxygen atoms in total. The molecule has 0 spiro atoms. The first-order chi connectivity index (χ1) is 9.23. The normalized spacial score (nSPS) is 18.1. The molecule has 0 unspecified atom stereocenters. The number of carbonyl (C=O) groups excluding carboxylic acids is 1. The van der Waals surface area contributed by atoms with E-state index < -0.39 is 11.9 Å². The predicted molar refractivity (Wildman–Crippen MR) is 65.4 cm³/mol. The van der Waals surface area contributed by atoms with Crippen LogP contribution >= 0.6 is 0 Å². The quantitative estimate of drug-likeness (QED) is 0.803. The highest BCUT2D eigenvalue weighted by molar-refractivity contribution is 5.87. The van der Waals surface area contributed by atoms with Gasteiger partial charge in [-0.1, -0.05) is 24.7 Å². The van der Waals surface area contributed by atoms with Crippen LogP contribution in [0.2, 0.25) is 0 Å². The molecule has 0 aromatic carbocycles. The number of aromatic nitrogens is 1. The summed E-state index contributed by atoms with van der Waals surface area (Å²) in [6.45, 7) is 6.29. The lowest BCUT2D eigenvalue weighted by Gasteiger charge is -2.45. The van der Waals surface area contributed by atoms with Crippen molar-refractivity contribution < 1.29 is 22.5 Å². The molecule has 0 bridgehead atoms. The Morgan fingerprint density at radius 2 is 2.20 bits per heavy atom. The van der Waals surface area contributed by atoms with Crippen LogP contribution in [0.15, 0.2) is 29.3 Å². The number of likely N-dealkylation sites (tertiary alicyclic amines) is 1. The standard InChI is InChI=1S/C13H13F3N2O2/c1-3-11(19)18-7-12(2,8-18)5-4-9-6-10(20-17-9)13(14,15)16/h3-6H,1,7-8H2,2H3. The minimum atomic E-state index is -4.54. The second-order valence-electron chi connectivity index (χ2n) is 5.00. The minimum absolute atomic E-state index is 0.104. The molecule has 108 valence electrons. The van der Waals surface area contributed by atoms with Gasteiger partial charge in [-0.15, -0.1) is 0 Å². The fraction of sp³-hybridized carbons (Fsp3) is 0.385. The van der Waals surface area contributed by atoms with Gasteiger partial charge in [-0.3, -0.25) is 4.79 Å². The molecule has 1 saturated heterocycles. The van der Waals surface area contributed by atoms with E-state index in [1.807, 2.05) is 6.92 Å². The van der Waals surface area contributed by atoms with Crippen molar-refractivity contribution in [3.8, 4) is 0 Å². The second-order valence-corrected chi connectivity index (χ2v) is 5.00. The highest BCUT2D eigenvalue weighted by atomic mass is 19.4. The minimum Gasteiger partial charge on any atom is -0.351 e. The molecule has 1 aromatic heterocycles. The van der Waals surface area contributed by atoms with E-state index >= 15 is 0 Å². The lowest BCUT2D eigenvalue weighted by atomic mass is 9.81. The summed E-state index contributed by atoms with van der Waals surface area (Å²) in [5.74, 6) is -1.28. The Balaban J connectivity index is 1.99. The summed E-state index contributed by atoms with van der Waals surface area (Å²) in [5.41, 5.74) is -0.164. The molecule has 7 heteroatoms. The molecular formula is C13H13F3N2O2. The summed E-state index contributed by atoms with van der Waals surface area (Å²) in [4.78, 5) is 12.9. The zero-order valence-corrected chi connectivity index (χ0v) is 10.8. The van der Waals surface area contributed by atoms with Crippen molar-refractivity contribution in [2.45, 2.75) is 13.1 Å². The van der Waals surface area contributed by atoms with Crippen LogP contribution in [-0.2, 0) is 11.0 Å².